The van der Waals surface area contributed by atoms with Crippen LogP contribution in [-0.2, 0) is 0 Å². The van der Waals surface area contributed by atoms with Crippen LogP contribution >= 0.6 is 0 Å². The molecule has 0 aliphatic carbocycles. The lowest BCUT2D eigenvalue weighted by Gasteiger charge is -2.34. The predicted molar refractivity (Wildman–Crippen MR) is 57.7 cm³/mol. The molecule has 0 radical (unpaired) electrons. The molecule has 1 aliphatic rings. The summed E-state index contributed by atoms with van der Waals surface area (Å²) >= 11 is 0. The number of amides is 2. The van der Waals surface area contributed by atoms with Gasteiger partial charge in [0.25, 0.3) is 0 Å². The summed E-state index contributed by atoms with van der Waals surface area (Å²) in [6.45, 7) is 2.45. The van der Waals surface area contributed by atoms with Crippen LogP contribution < -0.4 is 10.6 Å². The maximum absolute atomic E-state index is 12.0. The largest absolute Gasteiger partial charge is 0.405 e. The topological polar surface area (TPSA) is 44.4 Å². The molecule has 100 valence electrons. The van der Waals surface area contributed by atoms with Crippen LogP contribution in [0.25, 0.3) is 0 Å². The van der Waals surface area contributed by atoms with Gasteiger partial charge >= 0.3 is 12.2 Å². The Balaban J connectivity index is 2.45. The summed E-state index contributed by atoms with van der Waals surface area (Å²) in [5.41, 5.74) is 0. The molecule has 0 bridgehead atoms. The molecule has 1 saturated heterocycles. The Bertz CT molecular complexity index is 252. The highest BCUT2D eigenvalue weighted by Crippen LogP contribution is 2.14. The third kappa shape index (κ3) is 4.80. The van der Waals surface area contributed by atoms with Crippen molar-refractivity contribution in [2.75, 3.05) is 26.2 Å². The van der Waals surface area contributed by atoms with E-state index in [2.05, 4.69) is 5.32 Å². The van der Waals surface area contributed by atoms with Gasteiger partial charge < -0.3 is 15.5 Å². The number of nitrogens with one attached hydrogen (secondary N) is 2. The van der Waals surface area contributed by atoms with Gasteiger partial charge in [-0.05, 0) is 26.3 Å². The predicted octanol–water partition coefficient (Wildman–Crippen LogP) is 1.33. The molecular formula is C10H18F3N3O. The number of rotatable bonds is 3. The van der Waals surface area contributed by atoms with E-state index in [0.717, 1.165) is 19.4 Å². The summed E-state index contributed by atoms with van der Waals surface area (Å²) in [6.07, 6.45) is -2.59. The van der Waals surface area contributed by atoms with Crippen molar-refractivity contribution in [3.63, 3.8) is 0 Å². The molecule has 4 nitrogen and oxygen atoms in total. The van der Waals surface area contributed by atoms with Crippen LogP contribution in [0.2, 0.25) is 0 Å². The zero-order chi connectivity index (χ0) is 12.9. The van der Waals surface area contributed by atoms with Gasteiger partial charge in [-0.2, -0.15) is 13.2 Å². The number of likely N-dealkylation sites (N-methyl/N-ethyl adjacent to an activating group) is 1. The molecule has 17 heavy (non-hydrogen) atoms. The fourth-order valence-corrected chi connectivity index (χ4v) is 1.94. The molecule has 1 aliphatic heterocycles. The lowest BCUT2D eigenvalue weighted by atomic mass is 10.1. The smallest absolute Gasteiger partial charge is 0.329 e. The molecule has 1 heterocycles. The monoisotopic (exact) mass is 253 g/mol. The normalized spacial score (nSPS) is 21.1. The van der Waals surface area contributed by atoms with Gasteiger partial charge in [0.05, 0.1) is 0 Å². The van der Waals surface area contributed by atoms with Gasteiger partial charge in [0, 0.05) is 19.1 Å². The van der Waals surface area contributed by atoms with Crippen LogP contribution in [0.3, 0.4) is 0 Å². The molecule has 2 amide bonds. The number of hydrogen-bond donors (Lipinski definition) is 2. The fraction of sp³-hybridized carbons (Fsp3) is 0.900. The van der Waals surface area contributed by atoms with Gasteiger partial charge in [0.15, 0.2) is 0 Å². The standard InChI is InChI=1S/C10H18F3N3O/c1-2-16(8-4-3-5-14-6-8)9(17)15-7-10(11,12)13/h8,14H,2-7H2,1H3,(H,15,17). The first-order valence-corrected chi connectivity index (χ1v) is 5.76. The molecule has 7 heteroatoms. The van der Waals surface area contributed by atoms with Crippen molar-refractivity contribution < 1.29 is 18.0 Å². The minimum absolute atomic E-state index is 0.0121. The van der Waals surface area contributed by atoms with Crippen LogP contribution in [0.4, 0.5) is 18.0 Å². The maximum Gasteiger partial charge on any atom is 0.405 e. The van der Waals surface area contributed by atoms with Crippen LogP contribution in [-0.4, -0.2) is 49.3 Å². The van der Waals surface area contributed by atoms with Crippen molar-refractivity contribution in [3.05, 3.63) is 0 Å². The Kier molecular flexibility index (Phi) is 5.04. The quantitative estimate of drug-likeness (QED) is 0.797. The Morgan fingerprint density at radius 3 is 2.71 bits per heavy atom. The molecule has 0 aromatic heterocycles. The number of urea groups is 1. The second kappa shape index (κ2) is 6.09. The summed E-state index contributed by atoms with van der Waals surface area (Å²) in [6, 6.07) is -0.652. The summed E-state index contributed by atoms with van der Waals surface area (Å²) in [4.78, 5) is 13.1. The van der Waals surface area contributed by atoms with Crippen LogP contribution in [0.15, 0.2) is 0 Å². The summed E-state index contributed by atoms with van der Waals surface area (Å²) in [5, 5.41) is 5.04. The highest BCUT2D eigenvalue weighted by atomic mass is 19.4. The Hall–Kier alpha value is -0.980. The lowest BCUT2D eigenvalue weighted by molar-refractivity contribution is -0.123. The number of nitrogens with zero attached hydrogens (tertiary/aromatic N) is 1. The van der Waals surface area contributed by atoms with Gasteiger partial charge in [-0.3, -0.25) is 0 Å². The number of carbonyl (C=O) groups excluding carboxylic acids is 1. The van der Waals surface area contributed by atoms with E-state index in [1.165, 1.54) is 4.90 Å². The zero-order valence-electron chi connectivity index (χ0n) is 9.81. The van der Waals surface area contributed by atoms with Crippen molar-refractivity contribution >= 4 is 6.03 Å². The molecule has 1 unspecified atom stereocenters. The van der Waals surface area contributed by atoms with Crippen molar-refractivity contribution in [1.82, 2.24) is 15.5 Å². The van der Waals surface area contributed by atoms with E-state index in [9.17, 15) is 18.0 Å². The number of hydrogen-bond acceptors (Lipinski definition) is 2. The Labute approximate surface area is 98.5 Å². The van der Waals surface area contributed by atoms with Gasteiger partial charge in [0.1, 0.15) is 6.54 Å². The molecular weight excluding hydrogens is 235 g/mol. The average molecular weight is 253 g/mol. The van der Waals surface area contributed by atoms with E-state index in [1.54, 1.807) is 6.92 Å². The van der Waals surface area contributed by atoms with E-state index in [0.29, 0.717) is 13.1 Å². The highest BCUT2D eigenvalue weighted by molar-refractivity contribution is 5.74. The molecule has 1 atom stereocenters. The van der Waals surface area contributed by atoms with Crippen molar-refractivity contribution in [2.24, 2.45) is 0 Å². The summed E-state index contributed by atoms with van der Waals surface area (Å²) in [7, 11) is 0. The Morgan fingerprint density at radius 2 is 2.24 bits per heavy atom. The molecule has 0 aromatic rings. The summed E-state index contributed by atoms with van der Waals surface area (Å²) in [5.74, 6) is 0. The van der Waals surface area contributed by atoms with E-state index in [1.807, 2.05) is 5.32 Å². The SMILES string of the molecule is CCN(C(=O)NCC(F)(F)F)C1CCCNC1. The Morgan fingerprint density at radius 1 is 1.53 bits per heavy atom. The molecule has 2 N–H and O–H groups in total. The van der Waals surface area contributed by atoms with E-state index in [4.69, 9.17) is 0 Å². The third-order valence-electron chi connectivity index (χ3n) is 2.75. The molecule has 0 spiro atoms. The van der Waals surface area contributed by atoms with Gasteiger partial charge in [-0.15, -0.1) is 0 Å². The van der Waals surface area contributed by atoms with Gasteiger partial charge in [0.2, 0.25) is 0 Å². The second-order valence-electron chi connectivity index (χ2n) is 4.06. The first kappa shape index (κ1) is 14.1. The van der Waals surface area contributed by atoms with Crippen LogP contribution in [0.5, 0.6) is 0 Å². The van der Waals surface area contributed by atoms with Gasteiger partial charge in [-0.25, -0.2) is 4.79 Å². The van der Waals surface area contributed by atoms with Crippen LogP contribution in [0.1, 0.15) is 19.8 Å². The number of carbonyl (C=O) groups is 1. The summed E-state index contributed by atoms with van der Waals surface area (Å²) < 4.78 is 35.9. The highest BCUT2D eigenvalue weighted by Gasteiger charge is 2.30. The van der Waals surface area contributed by atoms with E-state index < -0.39 is 18.8 Å². The van der Waals surface area contributed by atoms with Gasteiger partial charge in [-0.1, -0.05) is 0 Å². The zero-order valence-corrected chi connectivity index (χ0v) is 9.81. The minimum Gasteiger partial charge on any atom is -0.329 e. The molecule has 0 aromatic carbocycles. The van der Waals surface area contributed by atoms with Crippen LogP contribution in [0, 0.1) is 0 Å². The lowest BCUT2D eigenvalue weighted by Crippen LogP contribution is -2.53. The number of piperidine rings is 1. The number of alkyl halides is 3. The fourth-order valence-electron chi connectivity index (χ4n) is 1.94. The van der Waals surface area contributed by atoms with Crippen molar-refractivity contribution in [2.45, 2.75) is 32.0 Å². The molecule has 1 rings (SSSR count). The third-order valence-corrected chi connectivity index (χ3v) is 2.75. The first-order chi connectivity index (χ1) is 7.94. The first-order valence-electron chi connectivity index (χ1n) is 5.76. The van der Waals surface area contributed by atoms with Crippen molar-refractivity contribution in [1.29, 1.82) is 0 Å². The van der Waals surface area contributed by atoms with E-state index in [-0.39, 0.29) is 6.04 Å². The maximum atomic E-state index is 12.0. The van der Waals surface area contributed by atoms with E-state index >= 15 is 0 Å². The molecule has 0 saturated carbocycles. The number of halogens is 3. The average Bonchev–Trinajstić information content (AvgIpc) is 2.28. The second-order valence-corrected chi connectivity index (χ2v) is 4.06. The minimum atomic E-state index is -4.36. The van der Waals surface area contributed by atoms with Crippen molar-refractivity contribution in [3.8, 4) is 0 Å². The molecule has 1 fully saturated rings.